The Morgan fingerprint density at radius 2 is 2.08 bits per heavy atom. The number of benzene rings is 1. The van der Waals surface area contributed by atoms with E-state index in [1.54, 1.807) is 6.20 Å². The number of aliphatic hydroxyl groups is 1. The summed E-state index contributed by atoms with van der Waals surface area (Å²) in [7, 11) is 0. The van der Waals surface area contributed by atoms with Crippen LogP contribution >= 0.6 is 0 Å². The monoisotopic (exact) mass is 345 g/mol. The lowest BCUT2D eigenvalue weighted by molar-refractivity contribution is 0.198. The molecule has 1 saturated heterocycles. The fourth-order valence-electron chi connectivity index (χ4n) is 3.66. The van der Waals surface area contributed by atoms with Gasteiger partial charge in [0, 0.05) is 42.1 Å². The van der Waals surface area contributed by atoms with Crippen LogP contribution in [0.2, 0.25) is 0 Å². The first-order valence-corrected chi connectivity index (χ1v) is 8.82. The second-order valence-electron chi connectivity index (χ2n) is 6.84. The summed E-state index contributed by atoms with van der Waals surface area (Å²) in [5.41, 5.74) is 4.94. The normalized spacial score (nSPS) is 17.5. The van der Waals surface area contributed by atoms with E-state index < -0.39 is 0 Å². The van der Waals surface area contributed by atoms with E-state index in [1.165, 1.54) is 0 Å². The number of β-amino-alcohol motifs (C(OH)–C–C–N with tert-alkyl or cyclic N) is 1. The van der Waals surface area contributed by atoms with Crippen molar-refractivity contribution >= 4 is 22.4 Å². The van der Waals surface area contributed by atoms with Gasteiger partial charge in [0.1, 0.15) is 0 Å². The van der Waals surface area contributed by atoms with Crippen molar-refractivity contribution in [2.45, 2.75) is 19.4 Å². The Bertz CT molecular complexity index is 1120. The van der Waals surface area contributed by atoms with Crippen LogP contribution in [0.3, 0.4) is 0 Å². The quantitative estimate of drug-likeness (QED) is 0.605. The molecular weight excluding hydrogens is 326 g/mol. The van der Waals surface area contributed by atoms with Crippen molar-refractivity contribution in [3.8, 4) is 11.3 Å². The lowest BCUT2D eigenvalue weighted by Gasteiger charge is -2.17. The van der Waals surface area contributed by atoms with Crippen LogP contribution in [0.4, 0.5) is 5.82 Å². The molecule has 0 radical (unpaired) electrons. The number of rotatable bonds is 2. The van der Waals surface area contributed by atoms with Crippen LogP contribution in [0.25, 0.3) is 27.8 Å². The van der Waals surface area contributed by atoms with Gasteiger partial charge in [0.25, 0.3) is 0 Å². The minimum atomic E-state index is -0.289. The highest BCUT2D eigenvalue weighted by molar-refractivity contribution is 5.84. The zero-order valence-corrected chi connectivity index (χ0v) is 14.5. The lowest BCUT2D eigenvalue weighted by Crippen LogP contribution is -2.23. The SMILES string of the molecule is Cc1ccc2cc(-c3cnc4c(N5CCC(O)C5)nccn34)ccc2n1. The summed E-state index contributed by atoms with van der Waals surface area (Å²) in [6.07, 6.45) is 6.10. The molecule has 5 rings (SSSR count). The summed E-state index contributed by atoms with van der Waals surface area (Å²) < 4.78 is 2.07. The number of nitrogens with zero attached hydrogens (tertiary/aromatic N) is 5. The molecule has 0 bridgehead atoms. The van der Waals surface area contributed by atoms with E-state index in [4.69, 9.17) is 0 Å². The molecule has 130 valence electrons. The van der Waals surface area contributed by atoms with Crippen LogP contribution in [-0.2, 0) is 0 Å². The molecule has 26 heavy (non-hydrogen) atoms. The number of pyridine rings is 1. The van der Waals surface area contributed by atoms with Gasteiger partial charge >= 0.3 is 0 Å². The van der Waals surface area contributed by atoms with Crippen molar-refractivity contribution in [2.24, 2.45) is 0 Å². The van der Waals surface area contributed by atoms with Crippen LogP contribution in [-0.4, -0.2) is 43.7 Å². The largest absolute Gasteiger partial charge is 0.391 e. The Balaban J connectivity index is 1.63. The van der Waals surface area contributed by atoms with E-state index in [0.29, 0.717) is 6.54 Å². The molecule has 4 heterocycles. The number of hydrogen-bond acceptors (Lipinski definition) is 5. The molecule has 1 aliphatic heterocycles. The van der Waals surface area contributed by atoms with Gasteiger partial charge in [-0.15, -0.1) is 0 Å². The number of aromatic nitrogens is 4. The van der Waals surface area contributed by atoms with Crippen molar-refractivity contribution in [3.05, 3.63) is 54.6 Å². The fourth-order valence-corrected chi connectivity index (χ4v) is 3.66. The molecule has 0 amide bonds. The van der Waals surface area contributed by atoms with E-state index in [1.807, 2.05) is 25.4 Å². The Kier molecular flexibility index (Phi) is 3.39. The molecule has 3 aromatic heterocycles. The highest BCUT2D eigenvalue weighted by Crippen LogP contribution is 2.28. The molecule has 1 aromatic carbocycles. The van der Waals surface area contributed by atoms with Crippen molar-refractivity contribution in [3.63, 3.8) is 0 Å². The average molecular weight is 345 g/mol. The number of aliphatic hydroxyl groups excluding tert-OH is 1. The molecule has 6 nitrogen and oxygen atoms in total. The standard InChI is InChI=1S/C20H19N5O/c1-13-2-3-14-10-15(4-5-17(14)23-13)18-11-22-20-19(21-7-9-25(18)20)24-8-6-16(26)12-24/h2-5,7,9-11,16,26H,6,8,12H2,1H3. The minimum absolute atomic E-state index is 0.289. The van der Waals surface area contributed by atoms with Gasteiger partial charge in [-0.2, -0.15) is 0 Å². The average Bonchev–Trinajstić information content (AvgIpc) is 3.27. The van der Waals surface area contributed by atoms with Gasteiger partial charge in [0.05, 0.1) is 23.5 Å². The minimum Gasteiger partial charge on any atom is -0.391 e. The molecule has 0 aliphatic carbocycles. The highest BCUT2D eigenvalue weighted by atomic mass is 16.3. The summed E-state index contributed by atoms with van der Waals surface area (Å²) in [5.74, 6) is 0.827. The van der Waals surface area contributed by atoms with Gasteiger partial charge in [0.2, 0.25) is 0 Å². The summed E-state index contributed by atoms with van der Waals surface area (Å²) in [5, 5.41) is 10.9. The predicted molar refractivity (Wildman–Crippen MR) is 101 cm³/mol. The second-order valence-corrected chi connectivity index (χ2v) is 6.84. The second kappa shape index (κ2) is 5.78. The summed E-state index contributed by atoms with van der Waals surface area (Å²) in [6, 6.07) is 10.4. The maximum Gasteiger partial charge on any atom is 0.180 e. The van der Waals surface area contributed by atoms with E-state index in [2.05, 4.69) is 48.5 Å². The van der Waals surface area contributed by atoms with Crippen molar-refractivity contribution in [1.29, 1.82) is 0 Å². The molecule has 0 spiro atoms. The number of hydrogen-bond donors (Lipinski definition) is 1. The van der Waals surface area contributed by atoms with Crippen LogP contribution < -0.4 is 4.90 Å². The first-order chi connectivity index (χ1) is 12.7. The highest BCUT2D eigenvalue weighted by Gasteiger charge is 2.24. The molecule has 1 fully saturated rings. The first kappa shape index (κ1) is 15.3. The van der Waals surface area contributed by atoms with E-state index in [9.17, 15) is 5.11 Å². The smallest absolute Gasteiger partial charge is 0.180 e. The summed E-state index contributed by atoms with van der Waals surface area (Å²) in [4.78, 5) is 15.8. The topological polar surface area (TPSA) is 66.5 Å². The van der Waals surface area contributed by atoms with Gasteiger partial charge in [-0.05, 0) is 31.5 Å². The fraction of sp³-hybridized carbons (Fsp3) is 0.250. The summed E-state index contributed by atoms with van der Waals surface area (Å²) >= 11 is 0. The Hall–Kier alpha value is -2.99. The predicted octanol–water partition coefficient (Wildman–Crippen LogP) is 2.82. The molecule has 1 N–H and O–H groups in total. The maximum atomic E-state index is 9.83. The Morgan fingerprint density at radius 1 is 1.15 bits per heavy atom. The van der Waals surface area contributed by atoms with Crippen LogP contribution in [0.1, 0.15) is 12.1 Å². The number of fused-ring (bicyclic) bond motifs is 2. The van der Waals surface area contributed by atoms with Crippen molar-refractivity contribution in [1.82, 2.24) is 19.4 Å². The van der Waals surface area contributed by atoms with E-state index >= 15 is 0 Å². The van der Waals surface area contributed by atoms with Gasteiger partial charge in [0.15, 0.2) is 11.5 Å². The zero-order valence-electron chi connectivity index (χ0n) is 14.5. The Morgan fingerprint density at radius 3 is 2.92 bits per heavy atom. The maximum absolute atomic E-state index is 9.83. The third-order valence-electron chi connectivity index (χ3n) is 5.00. The van der Waals surface area contributed by atoms with E-state index in [0.717, 1.165) is 52.3 Å². The number of imidazole rings is 1. The zero-order chi connectivity index (χ0) is 17.7. The van der Waals surface area contributed by atoms with Crippen LogP contribution in [0.5, 0.6) is 0 Å². The van der Waals surface area contributed by atoms with Crippen LogP contribution in [0, 0.1) is 6.92 Å². The first-order valence-electron chi connectivity index (χ1n) is 8.82. The number of anilines is 1. The Labute approximate surface area is 150 Å². The summed E-state index contributed by atoms with van der Waals surface area (Å²) in [6.45, 7) is 3.41. The third kappa shape index (κ3) is 2.42. The van der Waals surface area contributed by atoms with Gasteiger partial charge in [-0.25, -0.2) is 9.97 Å². The van der Waals surface area contributed by atoms with E-state index in [-0.39, 0.29) is 6.10 Å². The van der Waals surface area contributed by atoms with Gasteiger partial charge in [-0.1, -0.05) is 12.1 Å². The van der Waals surface area contributed by atoms with Crippen molar-refractivity contribution in [2.75, 3.05) is 18.0 Å². The van der Waals surface area contributed by atoms with Gasteiger partial charge < -0.3 is 10.0 Å². The van der Waals surface area contributed by atoms with Crippen molar-refractivity contribution < 1.29 is 5.11 Å². The lowest BCUT2D eigenvalue weighted by atomic mass is 10.1. The van der Waals surface area contributed by atoms with Crippen LogP contribution in [0.15, 0.2) is 48.9 Å². The molecule has 6 heteroatoms. The molecular formula is C20H19N5O. The molecule has 4 aromatic rings. The molecule has 0 saturated carbocycles. The molecule has 1 aliphatic rings. The molecule has 1 unspecified atom stereocenters. The molecule has 1 atom stereocenters. The third-order valence-corrected chi connectivity index (χ3v) is 5.00. The van der Waals surface area contributed by atoms with Gasteiger partial charge in [-0.3, -0.25) is 9.38 Å². The number of aryl methyl sites for hydroxylation is 1.